The molecule has 3 aromatic heterocycles. The second kappa shape index (κ2) is 7.58. The first-order valence-corrected chi connectivity index (χ1v) is 9.93. The summed E-state index contributed by atoms with van der Waals surface area (Å²) < 4.78 is 6.86. The topological polar surface area (TPSA) is 106 Å². The van der Waals surface area contributed by atoms with Crippen molar-refractivity contribution in [2.75, 3.05) is 19.0 Å². The molecule has 0 saturated carbocycles. The van der Waals surface area contributed by atoms with E-state index in [0.29, 0.717) is 35.0 Å². The largest absolute Gasteiger partial charge is 0.497 e. The highest BCUT2D eigenvalue weighted by Crippen LogP contribution is 2.25. The maximum absolute atomic E-state index is 12.4. The molecule has 0 spiro atoms. The Labute approximate surface area is 172 Å². The average molecular weight is 403 g/mol. The van der Waals surface area contributed by atoms with Gasteiger partial charge in [-0.25, -0.2) is 9.97 Å². The molecule has 4 aromatic rings. The zero-order valence-corrected chi connectivity index (χ0v) is 16.5. The molecular weight excluding hydrogens is 382 g/mol. The van der Waals surface area contributed by atoms with Crippen molar-refractivity contribution in [3.63, 3.8) is 0 Å². The van der Waals surface area contributed by atoms with Crippen LogP contribution in [0.25, 0.3) is 28.1 Å². The van der Waals surface area contributed by atoms with Gasteiger partial charge in [0.1, 0.15) is 17.3 Å². The minimum atomic E-state index is -0.369. The highest BCUT2D eigenvalue weighted by atomic mass is 16.5. The highest BCUT2D eigenvalue weighted by molar-refractivity contribution is 5.90. The molecule has 152 valence electrons. The fourth-order valence-electron chi connectivity index (χ4n) is 3.62. The Bertz CT molecular complexity index is 1220. The summed E-state index contributed by atoms with van der Waals surface area (Å²) >= 11 is 0. The summed E-state index contributed by atoms with van der Waals surface area (Å²) in [4.78, 5) is 26.3. The molecule has 1 aliphatic heterocycles. The summed E-state index contributed by atoms with van der Waals surface area (Å²) in [7, 11) is 1.63. The SMILES string of the molecule is COc1ccc(-c2nc3c4ncccc4nc(N[C@@H]4CCCCNC4=O)n3n2)cc1. The van der Waals surface area contributed by atoms with Crippen molar-refractivity contribution in [3.05, 3.63) is 42.6 Å². The van der Waals surface area contributed by atoms with Gasteiger partial charge in [-0.1, -0.05) is 0 Å². The molecule has 1 amide bonds. The average Bonchev–Trinajstić information content (AvgIpc) is 3.14. The van der Waals surface area contributed by atoms with E-state index in [4.69, 9.17) is 9.72 Å². The number of pyridine rings is 1. The van der Waals surface area contributed by atoms with Crippen LogP contribution in [0.1, 0.15) is 19.3 Å². The molecular formula is C21H21N7O2. The Hall–Kier alpha value is -3.75. The second-order valence-corrected chi connectivity index (χ2v) is 7.19. The number of nitrogens with one attached hydrogen (secondary N) is 2. The minimum absolute atomic E-state index is 0.0239. The predicted octanol–water partition coefficient (Wildman–Crippen LogP) is 2.43. The van der Waals surface area contributed by atoms with Crippen LogP contribution >= 0.6 is 0 Å². The maximum Gasteiger partial charge on any atom is 0.242 e. The Morgan fingerprint density at radius 2 is 2.03 bits per heavy atom. The number of ether oxygens (including phenoxy) is 1. The van der Waals surface area contributed by atoms with Crippen molar-refractivity contribution in [2.45, 2.75) is 25.3 Å². The van der Waals surface area contributed by atoms with Crippen LogP contribution in [0.4, 0.5) is 5.95 Å². The van der Waals surface area contributed by atoms with Crippen molar-refractivity contribution >= 4 is 28.5 Å². The van der Waals surface area contributed by atoms with Crippen LogP contribution in [0.2, 0.25) is 0 Å². The van der Waals surface area contributed by atoms with Crippen molar-refractivity contribution in [1.82, 2.24) is 29.9 Å². The lowest BCUT2D eigenvalue weighted by Gasteiger charge is -2.16. The van der Waals surface area contributed by atoms with E-state index in [1.165, 1.54) is 0 Å². The highest BCUT2D eigenvalue weighted by Gasteiger charge is 2.23. The lowest BCUT2D eigenvalue weighted by Crippen LogP contribution is -2.38. The van der Waals surface area contributed by atoms with E-state index < -0.39 is 0 Å². The predicted molar refractivity (Wildman–Crippen MR) is 112 cm³/mol. The molecule has 5 rings (SSSR count). The molecule has 2 N–H and O–H groups in total. The van der Waals surface area contributed by atoms with E-state index in [2.05, 4.69) is 25.7 Å². The third-order valence-corrected chi connectivity index (χ3v) is 5.22. The number of aromatic nitrogens is 5. The summed E-state index contributed by atoms with van der Waals surface area (Å²) in [6, 6.07) is 10.9. The fourth-order valence-corrected chi connectivity index (χ4v) is 3.62. The van der Waals surface area contributed by atoms with Crippen molar-refractivity contribution in [1.29, 1.82) is 0 Å². The first-order chi connectivity index (χ1) is 14.7. The summed E-state index contributed by atoms with van der Waals surface area (Å²) in [6.45, 7) is 0.701. The normalized spacial score (nSPS) is 17.0. The molecule has 1 saturated heterocycles. The van der Waals surface area contributed by atoms with Crippen molar-refractivity contribution < 1.29 is 9.53 Å². The standard InChI is InChI=1S/C21H21N7O2/c1-30-14-9-7-13(8-10-14)18-26-19-17-15(6-4-12-22-17)24-21(28(19)27-18)25-16-5-2-3-11-23-20(16)29/h4,6-10,12,16H,2-3,5,11H2,1H3,(H,23,29)(H,24,25)/t16-/m1/s1. The van der Waals surface area contributed by atoms with Crippen molar-refractivity contribution in [2.24, 2.45) is 0 Å². The van der Waals surface area contributed by atoms with Gasteiger partial charge in [-0.15, -0.1) is 5.10 Å². The number of methoxy groups -OCH3 is 1. The molecule has 30 heavy (non-hydrogen) atoms. The van der Waals surface area contributed by atoms with Crippen LogP contribution in [-0.4, -0.2) is 50.2 Å². The lowest BCUT2D eigenvalue weighted by atomic mass is 10.1. The number of benzene rings is 1. The molecule has 1 aromatic carbocycles. The van der Waals surface area contributed by atoms with Gasteiger partial charge in [0.05, 0.1) is 12.6 Å². The van der Waals surface area contributed by atoms with E-state index >= 15 is 0 Å². The molecule has 4 heterocycles. The number of rotatable bonds is 4. The number of fused-ring (bicyclic) bond motifs is 3. The Morgan fingerprint density at radius 3 is 2.87 bits per heavy atom. The Kier molecular flexibility index (Phi) is 4.62. The number of hydrogen-bond acceptors (Lipinski definition) is 7. The van der Waals surface area contributed by atoms with E-state index in [9.17, 15) is 4.79 Å². The first-order valence-electron chi connectivity index (χ1n) is 9.93. The second-order valence-electron chi connectivity index (χ2n) is 7.19. The monoisotopic (exact) mass is 403 g/mol. The molecule has 0 unspecified atom stereocenters. The molecule has 1 fully saturated rings. The van der Waals surface area contributed by atoms with Crippen LogP contribution < -0.4 is 15.4 Å². The summed E-state index contributed by atoms with van der Waals surface area (Å²) in [5, 5.41) is 10.9. The smallest absolute Gasteiger partial charge is 0.242 e. The quantitative estimate of drug-likeness (QED) is 0.539. The van der Waals surface area contributed by atoms with Crippen LogP contribution in [-0.2, 0) is 4.79 Å². The van der Waals surface area contributed by atoms with E-state index in [1.807, 2.05) is 36.4 Å². The lowest BCUT2D eigenvalue weighted by molar-refractivity contribution is -0.121. The summed E-state index contributed by atoms with van der Waals surface area (Å²) in [6.07, 6.45) is 4.38. The number of anilines is 1. The van der Waals surface area contributed by atoms with Gasteiger partial charge in [0.25, 0.3) is 0 Å². The van der Waals surface area contributed by atoms with E-state index in [0.717, 1.165) is 30.6 Å². The van der Waals surface area contributed by atoms with Gasteiger partial charge >= 0.3 is 0 Å². The third kappa shape index (κ3) is 3.28. The van der Waals surface area contributed by atoms with Gasteiger partial charge in [0.2, 0.25) is 11.9 Å². The van der Waals surface area contributed by atoms with Gasteiger partial charge in [-0.3, -0.25) is 9.78 Å². The fraction of sp³-hybridized carbons (Fsp3) is 0.286. The van der Waals surface area contributed by atoms with Crippen molar-refractivity contribution in [3.8, 4) is 17.1 Å². The van der Waals surface area contributed by atoms with Gasteiger partial charge in [0, 0.05) is 18.3 Å². The molecule has 1 atom stereocenters. The van der Waals surface area contributed by atoms with Crippen LogP contribution in [0.5, 0.6) is 5.75 Å². The molecule has 1 aliphatic rings. The zero-order chi connectivity index (χ0) is 20.5. The number of nitrogens with zero attached hydrogens (tertiary/aromatic N) is 5. The summed E-state index contributed by atoms with van der Waals surface area (Å²) in [5.74, 6) is 1.76. The third-order valence-electron chi connectivity index (χ3n) is 5.22. The number of carbonyl (C=O) groups is 1. The molecule has 0 bridgehead atoms. The molecule has 0 radical (unpaired) electrons. The zero-order valence-electron chi connectivity index (χ0n) is 16.5. The van der Waals surface area contributed by atoms with Gasteiger partial charge < -0.3 is 15.4 Å². The van der Waals surface area contributed by atoms with Gasteiger partial charge in [-0.2, -0.15) is 4.52 Å². The van der Waals surface area contributed by atoms with E-state index in [-0.39, 0.29) is 11.9 Å². The molecule has 9 nitrogen and oxygen atoms in total. The van der Waals surface area contributed by atoms with Crippen LogP contribution in [0, 0.1) is 0 Å². The first kappa shape index (κ1) is 18.3. The molecule has 0 aliphatic carbocycles. The van der Waals surface area contributed by atoms with Gasteiger partial charge in [-0.05, 0) is 55.7 Å². The Morgan fingerprint density at radius 1 is 1.17 bits per heavy atom. The van der Waals surface area contributed by atoms with Gasteiger partial charge in [0.15, 0.2) is 11.5 Å². The Balaban J connectivity index is 1.63. The molecule has 9 heteroatoms. The number of hydrogen-bond donors (Lipinski definition) is 2. The minimum Gasteiger partial charge on any atom is -0.497 e. The van der Waals surface area contributed by atoms with Crippen LogP contribution in [0.15, 0.2) is 42.6 Å². The summed E-state index contributed by atoms with van der Waals surface area (Å²) in [5.41, 5.74) is 2.78. The van der Waals surface area contributed by atoms with Crippen LogP contribution in [0.3, 0.4) is 0 Å². The number of carbonyl (C=O) groups excluding carboxylic acids is 1. The number of amides is 1. The maximum atomic E-state index is 12.4. The van der Waals surface area contributed by atoms with E-state index in [1.54, 1.807) is 17.8 Å².